The molecule has 1 aromatic carbocycles. The smallest absolute Gasteiger partial charge is 0.123 e. The molecule has 1 aromatic rings. The molecule has 0 amide bonds. The SMILES string of the molecule is CC(C)[C@@H]1C[C@@H](Cc2cccc(F)c2)CN1. The molecule has 2 heteroatoms. The second-order valence-corrected chi connectivity index (χ2v) is 5.19. The first-order valence-electron chi connectivity index (χ1n) is 6.13. The summed E-state index contributed by atoms with van der Waals surface area (Å²) in [7, 11) is 0. The van der Waals surface area contributed by atoms with Gasteiger partial charge in [0.05, 0.1) is 0 Å². The van der Waals surface area contributed by atoms with Gasteiger partial charge in [-0.1, -0.05) is 26.0 Å². The molecule has 16 heavy (non-hydrogen) atoms. The molecule has 1 N–H and O–H groups in total. The standard InChI is InChI=1S/C14H20FN/c1-10(2)14-8-12(9-16-14)6-11-4-3-5-13(15)7-11/h3-5,7,10,12,14,16H,6,8-9H2,1-2H3/t12-,14+/m1/s1. The van der Waals surface area contributed by atoms with E-state index in [4.69, 9.17) is 0 Å². The fraction of sp³-hybridized carbons (Fsp3) is 0.571. The van der Waals surface area contributed by atoms with Crippen LogP contribution in [0, 0.1) is 17.7 Å². The van der Waals surface area contributed by atoms with Crippen molar-refractivity contribution in [1.82, 2.24) is 5.32 Å². The first kappa shape index (κ1) is 11.6. The summed E-state index contributed by atoms with van der Waals surface area (Å²) in [6.07, 6.45) is 2.21. The number of rotatable bonds is 3. The molecule has 0 radical (unpaired) electrons. The highest BCUT2D eigenvalue weighted by Gasteiger charge is 2.25. The van der Waals surface area contributed by atoms with Crippen LogP contribution in [0.5, 0.6) is 0 Å². The monoisotopic (exact) mass is 221 g/mol. The molecular formula is C14H20FN. The first-order valence-corrected chi connectivity index (χ1v) is 6.13. The number of halogens is 1. The average Bonchev–Trinajstić information content (AvgIpc) is 2.66. The molecule has 0 aliphatic carbocycles. The average molecular weight is 221 g/mol. The highest BCUT2D eigenvalue weighted by molar-refractivity contribution is 5.17. The molecule has 0 bridgehead atoms. The van der Waals surface area contributed by atoms with Crippen LogP contribution in [0.25, 0.3) is 0 Å². The van der Waals surface area contributed by atoms with Crippen molar-refractivity contribution < 1.29 is 4.39 Å². The molecule has 1 aliphatic heterocycles. The van der Waals surface area contributed by atoms with Gasteiger partial charge in [0.1, 0.15) is 5.82 Å². The minimum absolute atomic E-state index is 0.121. The summed E-state index contributed by atoms with van der Waals surface area (Å²) >= 11 is 0. The molecule has 88 valence electrons. The van der Waals surface area contributed by atoms with Gasteiger partial charge in [-0.15, -0.1) is 0 Å². The molecule has 2 rings (SSSR count). The van der Waals surface area contributed by atoms with Gasteiger partial charge >= 0.3 is 0 Å². The summed E-state index contributed by atoms with van der Waals surface area (Å²) in [5, 5.41) is 3.55. The van der Waals surface area contributed by atoms with E-state index in [2.05, 4.69) is 19.2 Å². The minimum atomic E-state index is -0.121. The lowest BCUT2D eigenvalue weighted by Gasteiger charge is -2.14. The number of benzene rings is 1. The van der Waals surface area contributed by atoms with Crippen LogP contribution < -0.4 is 5.32 Å². The van der Waals surface area contributed by atoms with Crippen LogP contribution in [0.2, 0.25) is 0 Å². The van der Waals surface area contributed by atoms with Crippen LogP contribution >= 0.6 is 0 Å². The first-order chi connectivity index (χ1) is 7.65. The Morgan fingerprint density at radius 2 is 2.25 bits per heavy atom. The Morgan fingerprint density at radius 1 is 1.44 bits per heavy atom. The van der Waals surface area contributed by atoms with Gasteiger partial charge in [-0.3, -0.25) is 0 Å². The van der Waals surface area contributed by atoms with Crippen molar-refractivity contribution in [2.45, 2.75) is 32.7 Å². The van der Waals surface area contributed by atoms with Gasteiger partial charge in [-0.25, -0.2) is 4.39 Å². The Morgan fingerprint density at radius 3 is 2.88 bits per heavy atom. The molecule has 1 saturated heterocycles. The van der Waals surface area contributed by atoms with Gasteiger partial charge in [0, 0.05) is 6.04 Å². The van der Waals surface area contributed by atoms with E-state index in [-0.39, 0.29) is 5.82 Å². The summed E-state index contributed by atoms with van der Waals surface area (Å²) in [6, 6.07) is 7.62. The number of nitrogens with one attached hydrogen (secondary N) is 1. The fourth-order valence-electron chi connectivity index (χ4n) is 2.50. The van der Waals surface area contributed by atoms with Crippen LogP contribution in [0.4, 0.5) is 4.39 Å². The van der Waals surface area contributed by atoms with E-state index in [9.17, 15) is 4.39 Å². The molecule has 1 nitrogen and oxygen atoms in total. The van der Waals surface area contributed by atoms with Gasteiger partial charge in [0.15, 0.2) is 0 Å². The maximum Gasteiger partial charge on any atom is 0.123 e. The van der Waals surface area contributed by atoms with Crippen molar-refractivity contribution in [3.63, 3.8) is 0 Å². The molecule has 1 heterocycles. The third-order valence-electron chi connectivity index (χ3n) is 3.47. The molecule has 1 aliphatic rings. The zero-order chi connectivity index (χ0) is 11.5. The van der Waals surface area contributed by atoms with Crippen molar-refractivity contribution in [2.24, 2.45) is 11.8 Å². The van der Waals surface area contributed by atoms with Gasteiger partial charge in [-0.05, 0) is 48.9 Å². The van der Waals surface area contributed by atoms with Gasteiger partial charge in [0.25, 0.3) is 0 Å². The highest BCUT2D eigenvalue weighted by atomic mass is 19.1. The fourth-order valence-corrected chi connectivity index (χ4v) is 2.50. The van der Waals surface area contributed by atoms with Crippen molar-refractivity contribution in [3.05, 3.63) is 35.6 Å². The van der Waals surface area contributed by atoms with Crippen LogP contribution in [0.1, 0.15) is 25.8 Å². The highest BCUT2D eigenvalue weighted by Crippen LogP contribution is 2.23. The summed E-state index contributed by atoms with van der Waals surface area (Å²) < 4.78 is 13.0. The van der Waals surface area contributed by atoms with E-state index in [1.807, 2.05) is 6.07 Å². The summed E-state index contributed by atoms with van der Waals surface area (Å²) in [5.41, 5.74) is 1.12. The topological polar surface area (TPSA) is 12.0 Å². The Hall–Kier alpha value is -0.890. The Bertz CT molecular complexity index is 348. The molecule has 0 aromatic heterocycles. The Kier molecular flexibility index (Phi) is 3.59. The van der Waals surface area contributed by atoms with Gasteiger partial charge in [-0.2, -0.15) is 0 Å². The predicted molar refractivity (Wildman–Crippen MR) is 64.8 cm³/mol. The van der Waals surface area contributed by atoms with Crippen LogP contribution in [0.3, 0.4) is 0 Å². The minimum Gasteiger partial charge on any atom is -0.313 e. The van der Waals surface area contributed by atoms with E-state index in [0.29, 0.717) is 17.9 Å². The van der Waals surface area contributed by atoms with Gasteiger partial charge in [0.2, 0.25) is 0 Å². The molecule has 0 unspecified atom stereocenters. The quantitative estimate of drug-likeness (QED) is 0.827. The van der Waals surface area contributed by atoms with Crippen molar-refractivity contribution in [2.75, 3.05) is 6.54 Å². The van der Waals surface area contributed by atoms with Crippen LogP contribution in [-0.4, -0.2) is 12.6 Å². The maximum absolute atomic E-state index is 13.0. The van der Waals surface area contributed by atoms with Gasteiger partial charge < -0.3 is 5.32 Å². The summed E-state index contributed by atoms with van der Waals surface area (Å²) in [6.45, 7) is 5.57. The van der Waals surface area contributed by atoms with E-state index in [1.54, 1.807) is 12.1 Å². The van der Waals surface area contributed by atoms with E-state index >= 15 is 0 Å². The lowest BCUT2D eigenvalue weighted by molar-refractivity contribution is 0.438. The van der Waals surface area contributed by atoms with Crippen molar-refractivity contribution in [3.8, 4) is 0 Å². The van der Waals surface area contributed by atoms with Crippen molar-refractivity contribution >= 4 is 0 Å². The largest absolute Gasteiger partial charge is 0.313 e. The molecule has 0 saturated carbocycles. The van der Waals surface area contributed by atoms with Crippen LogP contribution in [0.15, 0.2) is 24.3 Å². The second kappa shape index (κ2) is 4.96. The Labute approximate surface area is 97.1 Å². The third-order valence-corrected chi connectivity index (χ3v) is 3.47. The Balaban J connectivity index is 1.92. The summed E-state index contributed by atoms with van der Waals surface area (Å²) in [5.74, 6) is 1.23. The molecule has 2 atom stereocenters. The van der Waals surface area contributed by atoms with Crippen LogP contribution in [-0.2, 0) is 6.42 Å². The maximum atomic E-state index is 13.0. The van der Waals surface area contributed by atoms with E-state index in [1.165, 1.54) is 12.5 Å². The van der Waals surface area contributed by atoms with E-state index in [0.717, 1.165) is 18.5 Å². The lowest BCUT2D eigenvalue weighted by Crippen LogP contribution is -2.26. The lowest BCUT2D eigenvalue weighted by atomic mass is 9.93. The molecule has 1 fully saturated rings. The zero-order valence-corrected chi connectivity index (χ0v) is 10.0. The number of hydrogen-bond donors (Lipinski definition) is 1. The number of hydrogen-bond acceptors (Lipinski definition) is 1. The van der Waals surface area contributed by atoms with E-state index < -0.39 is 0 Å². The van der Waals surface area contributed by atoms with Crippen molar-refractivity contribution in [1.29, 1.82) is 0 Å². The summed E-state index contributed by atoms with van der Waals surface area (Å²) in [4.78, 5) is 0. The zero-order valence-electron chi connectivity index (χ0n) is 10.0. The molecule has 0 spiro atoms. The predicted octanol–water partition coefficient (Wildman–Crippen LogP) is 3.00. The second-order valence-electron chi connectivity index (χ2n) is 5.19. The third kappa shape index (κ3) is 2.82. The molecular weight excluding hydrogens is 201 g/mol. The normalized spacial score (nSPS) is 25.2.